The van der Waals surface area contributed by atoms with Gasteiger partial charge in [0.25, 0.3) is 0 Å². The zero-order chi connectivity index (χ0) is 40.4. The maximum Gasteiger partial charge on any atom is 0.326 e. The molecule has 0 aromatic heterocycles. The third-order valence-corrected chi connectivity index (χ3v) is 8.24. The Bertz CT molecular complexity index is 1140. The third kappa shape index (κ3) is 32.3. The van der Waals surface area contributed by atoms with Crippen LogP contribution < -0.4 is 21.3 Å². The molecule has 0 aliphatic carbocycles. The van der Waals surface area contributed by atoms with Gasteiger partial charge in [-0.15, -0.1) is 0 Å². The van der Waals surface area contributed by atoms with E-state index in [0.29, 0.717) is 6.42 Å². The van der Waals surface area contributed by atoms with E-state index in [4.69, 9.17) is 19.7 Å². The first kappa shape index (κ1) is 49.7. The lowest BCUT2D eigenvalue weighted by Crippen LogP contribution is -2.43. The minimum absolute atomic E-state index is 0.0146. The van der Waals surface area contributed by atoms with Gasteiger partial charge in [-0.1, -0.05) is 77.0 Å². The fraction of sp³-hybridized carbons (Fsp3) is 0.778. The zero-order valence-electron chi connectivity index (χ0n) is 31.4. The van der Waals surface area contributed by atoms with Gasteiger partial charge in [-0.2, -0.15) is 0 Å². The molecule has 0 bridgehead atoms. The topological polar surface area (TPSA) is 284 Å². The van der Waals surface area contributed by atoms with Crippen molar-refractivity contribution in [3.63, 3.8) is 0 Å². The Labute approximate surface area is 316 Å². The molecule has 0 radical (unpaired) electrons. The maximum absolute atomic E-state index is 12.3. The molecule has 18 nitrogen and oxygen atoms in total. The molecule has 0 aliphatic heterocycles. The smallest absolute Gasteiger partial charge is 0.326 e. The highest BCUT2D eigenvalue weighted by Gasteiger charge is 2.22. The van der Waals surface area contributed by atoms with Crippen LogP contribution in [0.1, 0.15) is 128 Å². The van der Waals surface area contributed by atoms with Crippen LogP contribution >= 0.6 is 0 Å². The molecule has 0 heterocycles. The van der Waals surface area contributed by atoms with Crippen LogP contribution in [0, 0.1) is 0 Å². The number of carbonyl (C=O) groups excluding carboxylic acids is 4. The lowest BCUT2D eigenvalue weighted by atomic mass is 10.0. The second-order valence-electron chi connectivity index (χ2n) is 13.0. The van der Waals surface area contributed by atoms with Crippen LogP contribution in [0.2, 0.25) is 0 Å². The number of amides is 4. The molecular formula is C36H62N4O14. The molecule has 0 rings (SSSR count). The van der Waals surface area contributed by atoms with Gasteiger partial charge in [0.2, 0.25) is 23.6 Å². The molecule has 18 heteroatoms. The van der Waals surface area contributed by atoms with Gasteiger partial charge in [0.05, 0.1) is 19.8 Å². The first-order chi connectivity index (χ1) is 25.8. The van der Waals surface area contributed by atoms with Crippen LogP contribution in [0.3, 0.4) is 0 Å². The van der Waals surface area contributed by atoms with Crippen LogP contribution in [-0.2, 0) is 47.8 Å². The van der Waals surface area contributed by atoms with E-state index in [1.807, 2.05) is 0 Å². The standard InChI is InChI=1S/C36H62N4O14/c41-29(37-21-22-53-23-24-54-26-32(44)40-28(36(51)52)18-20-30(42)38-25-34(47)48)19-17-27(35(49)50)39-31(43)15-13-11-9-7-5-3-1-2-4-6-8-10-12-14-16-33(45)46/h27-28H,1-26H2,(H,37,41)(H,38,42)(H,39,43)(H,40,44)(H,45,46)(H,47,48)(H,49,50)(H,51,52)/t27?,28-/m0/s1. The SMILES string of the molecule is O=C(O)CCCCCCCCCCCCCCCCC(=O)NC(CCC(=O)NCCOCCOCC(=O)N[C@@H](CCC(=O)NCC(=O)O)C(=O)O)C(=O)O. The number of hydrogen-bond donors (Lipinski definition) is 8. The molecule has 0 aliphatic rings. The Morgan fingerprint density at radius 2 is 0.852 bits per heavy atom. The minimum Gasteiger partial charge on any atom is -0.481 e. The van der Waals surface area contributed by atoms with Gasteiger partial charge in [0, 0.05) is 32.2 Å². The van der Waals surface area contributed by atoms with Crippen LogP contribution in [0.5, 0.6) is 0 Å². The van der Waals surface area contributed by atoms with E-state index in [0.717, 1.165) is 51.4 Å². The van der Waals surface area contributed by atoms with Crippen LogP contribution in [0.4, 0.5) is 0 Å². The second kappa shape index (κ2) is 33.3. The summed E-state index contributed by atoms with van der Waals surface area (Å²) in [5.74, 6) is -6.75. The average Bonchev–Trinajstić information content (AvgIpc) is 3.11. The molecule has 0 saturated carbocycles. The molecule has 0 aromatic carbocycles. The van der Waals surface area contributed by atoms with Gasteiger partial charge in [0.1, 0.15) is 25.2 Å². The monoisotopic (exact) mass is 774 g/mol. The number of nitrogens with one attached hydrogen (secondary N) is 4. The number of aliphatic carboxylic acids is 4. The first-order valence-electron chi connectivity index (χ1n) is 19.0. The molecule has 0 spiro atoms. The number of ether oxygens (including phenoxy) is 2. The number of carbonyl (C=O) groups is 8. The fourth-order valence-electron chi connectivity index (χ4n) is 5.25. The number of carboxylic acid groups (broad SMARTS) is 4. The van der Waals surface area contributed by atoms with Crippen LogP contribution in [0.15, 0.2) is 0 Å². The summed E-state index contributed by atoms with van der Waals surface area (Å²) in [4.78, 5) is 91.8. The molecule has 0 saturated heterocycles. The fourth-order valence-corrected chi connectivity index (χ4v) is 5.25. The van der Waals surface area contributed by atoms with E-state index in [2.05, 4.69) is 21.3 Å². The van der Waals surface area contributed by atoms with Crippen molar-refractivity contribution < 1.29 is 68.3 Å². The number of unbranched alkanes of at least 4 members (excludes halogenated alkanes) is 13. The van der Waals surface area contributed by atoms with E-state index >= 15 is 0 Å². The normalized spacial score (nSPS) is 11.9. The largest absolute Gasteiger partial charge is 0.481 e. The van der Waals surface area contributed by atoms with Gasteiger partial charge in [-0.3, -0.25) is 28.8 Å². The van der Waals surface area contributed by atoms with Crippen molar-refractivity contribution >= 4 is 47.5 Å². The van der Waals surface area contributed by atoms with E-state index < -0.39 is 66.8 Å². The number of hydrogen-bond acceptors (Lipinski definition) is 10. The van der Waals surface area contributed by atoms with Crippen LogP contribution in [0.25, 0.3) is 0 Å². The molecule has 1 unspecified atom stereocenters. The van der Waals surface area contributed by atoms with Gasteiger partial charge in [-0.25, -0.2) is 9.59 Å². The van der Waals surface area contributed by atoms with Crippen LogP contribution in [-0.4, -0.2) is 120 Å². The van der Waals surface area contributed by atoms with Crippen molar-refractivity contribution in [2.75, 3.05) is 39.5 Å². The summed E-state index contributed by atoms with van der Waals surface area (Å²) in [6.45, 7) is -0.801. The molecular weight excluding hydrogens is 712 g/mol. The number of carboxylic acids is 4. The Hall–Kier alpha value is -4.32. The molecule has 0 fully saturated rings. The second-order valence-corrected chi connectivity index (χ2v) is 13.0. The summed E-state index contributed by atoms with van der Waals surface area (Å²) in [6, 6.07) is -2.55. The molecule has 2 atom stereocenters. The van der Waals surface area contributed by atoms with Crippen molar-refractivity contribution in [3.05, 3.63) is 0 Å². The van der Waals surface area contributed by atoms with Gasteiger partial charge < -0.3 is 51.2 Å². The van der Waals surface area contributed by atoms with E-state index in [1.165, 1.54) is 32.1 Å². The predicted octanol–water partition coefficient (Wildman–Crippen LogP) is 2.36. The summed E-state index contributed by atoms with van der Waals surface area (Å²) in [5, 5.41) is 45.3. The first-order valence-corrected chi connectivity index (χ1v) is 19.0. The summed E-state index contributed by atoms with van der Waals surface area (Å²) < 4.78 is 10.4. The Balaban J connectivity index is 3.87. The van der Waals surface area contributed by atoms with Gasteiger partial charge >= 0.3 is 23.9 Å². The van der Waals surface area contributed by atoms with E-state index in [1.54, 1.807) is 0 Å². The molecule has 54 heavy (non-hydrogen) atoms. The van der Waals surface area contributed by atoms with Gasteiger partial charge in [0.15, 0.2) is 0 Å². The average molecular weight is 775 g/mol. The summed E-state index contributed by atoms with van der Waals surface area (Å²) in [5.41, 5.74) is 0. The summed E-state index contributed by atoms with van der Waals surface area (Å²) >= 11 is 0. The highest BCUT2D eigenvalue weighted by molar-refractivity contribution is 5.86. The molecule has 310 valence electrons. The zero-order valence-corrected chi connectivity index (χ0v) is 31.4. The van der Waals surface area contributed by atoms with Gasteiger partial charge in [-0.05, 0) is 25.7 Å². The van der Waals surface area contributed by atoms with Crippen molar-refractivity contribution in [2.24, 2.45) is 0 Å². The van der Waals surface area contributed by atoms with E-state index in [9.17, 15) is 48.6 Å². The highest BCUT2D eigenvalue weighted by Crippen LogP contribution is 2.14. The quantitative estimate of drug-likeness (QED) is 0.0421. The Morgan fingerprint density at radius 3 is 1.31 bits per heavy atom. The Morgan fingerprint density at radius 1 is 0.426 bits per heavy atom. The van der Waals surface area contributed by atoms with Crippen molar-refractivity contribution in [1.82, 2.24) is 21.3 Å². The van der Waals surface area contributed by atoms with Crippen molar-refractivity contribution in [2.45, 2.75) is 141 Å². The number of rotatable bonds is 37. The lowest BCUT2D eigenvalue weighted by molar-refractivity contribution is -0.143. The van der Waals surface area contributed by atoms with Crippen molar-refractivity contribution in [3.8, 4) is 0 Å². The molecule has 8 N–H and O–H groups in total. The molecule has 4 amide bonds. The van der Waals surface area contributed by atoms with Crippen molar-refractivity contribution in [1.29, 1.82) is 0 Å². The summed E-state index contributed by atoms with van der Waals surface area (Å²) in [6.07, 6.45) is 14.6. The minimum atomic E-state index is -1.37. The summed E-state index contributed by atoms with van der Waals surface area (Å²) in [7, 11) is 0. The third-order valence-electron chi connectivity index (χ3n) is 8.24. The highest BCUT2D eigenvalue weighted by atomic mass is 16.5. The molecule has 0 aromatic rings. The Kier molecular flexibility index (Phi) is 30.6. The maximum atomic E-state index is 12.3. The van der Waals surface area contributed by atoms with E-state index in [-0.39, 0.29) is 70.8 Å². The predicted molar refractivity (Wildman–Crippen MR) is 194 cm³/mol. The lowest BCUT2D eigenvalue weighted by Gasteiger charge is -2.15.